The van der Waals surface area contributed by atoms with Gasteiger partial charge in [0.2, 0.25) is 0 Å². The minimum Gasteiger partial charge on any atom is -0.295 e. The number of hydrogen-bond donors (Lipinski definition) is 0. The van der Waals surface area contributed by atoms with Gasteiger partial charge in [-0.1, -0.05) is 25.8 Å². The molecule has 0 aromatic rings. The standard InChI is InChI=1S/C12H20O/c1-3-4-6-11-7-5-8-12(9-11)10(2)13/h9,11H,3-8H2,1-2H3. The normalized spacial score (nSPS) is 22.6. The number of carbonyl (C=O) groups excluding carboxylic acids is 1. The van der Waals surface area contributed by atoms with Crippen molar-refractivity contribution in [3.05, 3.63) is 11.6 Å². The molecule has 0 heterocycles. The van der Waals surface area contributed by atoms with Gasteiger partial charge in [0, 0.05) is 0 Å². The average Bonchev–Trinajstić information content (AvgIpc) is 2.15. The Labute approximate surface area is 81.2 Å². The van der Waals surface area contributed by atoms with E-state index in [0.717, 1.165) is 12.0 Å². The summed E-state index contributed by atoms with van der Waals surface area (Å²) in [6.07, 6.45) is 9.56. The molecule has 0 bridgehead atoms. The van der Waals surface area contributed by atoms with Crippen molar-refractivity contribution in [2.45, 2.75) is 52.4 Å². The van der Waals surface area contributed by atoms with Gasteiger partial charge >= 0.3 is 0 Å². The van der Waals surface area contributed by atoms with Crippen molar-refractivity contribution in [3.8, 4) is 0 Å². The minimum absolute atomic E-state index is 0.279. The molecule has 0 aromatic heterocycles. The number of Topliss-reactive ketones (excluding diaryl/α,β-unsaturated/α-hetero) is 1. The number of ketones is 1. The summed E-state index contributed by atoms with van der Waals surface area (Å²) in [5.41, 5.74) is 1.08. The Balaban J connectivity index is 2.47. The zero-order valence-corrected chi connectivity index (χ0v) is 8.81. The van der Waals surface area contributed by atoms with Gasteiger partial charge in [0.25, 0.3) is 0 Å². The minimum atomic E-state index is 0.279. The second kappa shape index (κ2) is 5.21. The Morgan fingerprint density at radius 3 is 3.00 bits per heavy atom. The van der Waals surface area contributed by atoms with Crippen molar-refractivity contribution in [3.63, 3.8) is 0 Å². The lowest BCUT2D eigenvalue weighted by Crippen LogP contribution is -2.08. The highest BCUT2D eigenvalue weighted by atomic mass is 16.1. The van der Waals surface area contributed by atoms with E-state index >= 15 is 0 Å². The average molecular weight is 180 g/mol. The van der Waals surface area contributed by atoms with E-state index in [1.165, 1.54) is 32.1 Å². The van der Waals surface area contributed by atoms with E-state index in [9.17, 15) is 4.79 Å². The van der Waals surface area contributed by atoms with Gasteiger partial charge in [-0.05, 0) is 44.1 Å². The van der Waals surface area contributed by atoms with Crippen LogP contribution in [0, 0.1) is 5.92 Å². The fourth-order valence-corrected chi connectivity index (χ4v) is 1.99. The van der Waals surface area contributed by atoms with E-state index in [1.807, 2.05) is 0 Å². The molecule has 0 radical (unpaired) electrons. The van der Waals surface area contributed by atoms with Gasteiger partial charge in [-0.3, -0.25) is 4.79 Å². The summed E-state index contributed by atoms with van der Waals surface area (Å²) in [6.45, 7) is 3.91. The van der Waals surface area contributed by atoms with Crippen LogP contribution in [0.15, 0.2) is 11.6 Å². The van der Waals surface area contributed by atoms with Crippen LogP contribution in [-0.2, 0) is 4.79 Å². The van der Waals surface area contributed by atoms with Gasteiger partial charge in [0.1, 0.15) is 0 Å². The van der Waals surface area contributed by atoms with E-state index < -0.39 is 0 Å². The fourth-order valence-electron chi connectivity index (χ4n) is 1.99. The lowest BCUT2D eigenvalue weighted by Gasteiger charge is -2.19. The molecule has 1 atom stereocenters. The van der Waals surface area contributed by atoms with Crippen molar-refractivity contribution < 1.29 is 4.79 Å². The van der Waals surface area contributed by atoms with E-state index in [0.29, 0.717) is 5.92 Å². The molecule has 0 saturated carbocycles. The quantitative estimate of drug-likeness (QED) is 0.647. The Kier molecular flexibility index (Phi) is 4.20. The first kappa shape index (κ1) is 10.5. The summed E-state index contributed by atoms with van der Waals surface area (Å²) in [7, 11) is 0. The second-order valence-corrected chi connectivity index (χ2v) is 4.04. The van der Waals surface area contributed by atoms with Gasteiger partial charge in [-0.25, -0.2) is 0 Å². The highest BCUT2D eigenvalue weighted by Crippen LogP contribution is 2.26. The third-order valence-electron chi connectivity index (χ3n) is 2.84. The summed E-state index contributed by atoms with van der Waals surface area (Å²) in [6, 6.07) is 0. The molecule has 74 valence electrons. The monoisotopic (exact) mass is 180 g/mol. The van der Waals surface area contributed by atoms with E-state index in [-0.39, 0.29) is 5.78 Å². The molecule has 1 aliphatic rings. The van der Waals surface area contributed by atoms with Crippen LogP contribution in [0.5, 0.6) is 0 Å². The topological polar surface area (TPSA) is 17.1 Å². The van der Waals surface area contributed by atoms with E-state index in [2.05, 4.69) is 13.0 Å². The fraction of sp³-hybridized carbons (Fsp3) is 0.750. The summed E-state index contributed by atoms with van der Waals surface area (Å²) < 4.78 is 0. The molecule has 13 heavy (non-hydrogen) atoms. The van der Waals surface area contributed by atoms with Crippen LogP contribution in [0.4, 0.5) is 0 Å². The summed E-state index contributed by atoms with van der Waals surface area (Å²) >= 11 is 0. The molecule has 1 unspecified atom stereocenters. The first-order valence-electron chi connectivity index (χ1n) is 5.45. The van der Waals surface area contributed by atoms with Crippen molar-refractivity contribution in [2.75, 3.05) is 0 Å². The molecule has 1 nitrogen and oxygen atoms in total. The zero-order chi connectivity index (χ0) is 9.68. The van der Waals surface area contributed by atoms with Crippen LogP contribution in [0.3, 0.4) is 0 Å². The Hall–Kier alpha value is -0.590. The number of carbonyl (C=O) groups is 1. The summed E-state index contributed by atoms with van der Waals surface area (Å²) in [5.74, 6) is 0.966. The molecule has 0 aromatic carbocycles. The number of rotatable bonds is 4. The number of allylic oxidation sites excluding steroid dienone is 2. The second-order valence-electron chi connectivity index (χ2n) is 4.04. The smallest absolute Gasteiger partial charge is 0.155 e. The first-order valence-corrected chi connectivity index (χ1v) is 5.45. The van der Waals surface area contributed by atoms with Crippen LogP contribution < -0.4 is 0 Å². The van der Waals surface area contributed by atoms with Crippen LogP contribution in [0.25, 0.3) is 0 Å². The van der Waals surface area contributed by atoms with Crippen molar-refractivity contribution in [1.82, 2.24) is 0 Å². The van der Waals surface area contributed by atoms with Crippen LogP contribution >= 0.6 is 0 Å². The Morgan fingerprint density at radius 1 is 1.62 bits per heavy atom. The van der Waals surface area contributed by atoms with Crippen molar-refractivity contribution >= 4 is 5.78 Å². The number of unbranched alkanes of at least 4 members (excludes halogenated alkanes) is 1. The van der Waals surface area contributed by atoms with Gasteiger partial charge in [0.15, 0.2) is 5.78 Å². The molecule has 1 rings (SSSR count). The predicted octanol–water partition coefficient (Wildman–Crippen LogP) is 3.49. The predicted molar refractivity (Wildman–Crippen MR) is 55.6 cm³/mol. The summed E-state index contributed by atoms with van der Waals surface area (Å²) in [4.78, 5) is 11.1. The molecule has 0 amide bonds. The van der Waals surface area contributed by atoms with Gasteiger partial charge in [-0.15, -0.1) is 0 Å². The highest BCUT2D eigenvalue weighted by Gasteiger charge is 2.15. The van der Waals surface area contributed by atoms with Gasteiger partial charge in [0.05, 0.1) is 0 Å². The third-order valence-corrected chi connectivity index (χ3v) is 2.84. The van der Waals surface area contributed by atoms with Crippen LogP contribution in [0.2, 0.25) is 0 Å². The lowest BCUT2D eigenvalue weighted by atomic mass is 9.86. The van der Waals surface area contributed by atoms with E-state index in [4.69, 9.17) is 0 Å². The maximum Gasteiger partial charge on any atom is 0.155 e. The van der Waals surface area contributed by atoms with Crippen LogP contribution in [-0.4, -0.2) is 5.78 Å². The maximum atomic E-state index is 11.1. The van der Waals surface area contributed by atoms with Crippen molar-refractivity contribution in [2.24, 2.45) is 5.92 Å². The zero-order valence-electron chi connectivity index (χ0n) is 8.81. The van der Waals surface area contributed by atoms with Gasteiger partial charge < -0.3 is 0 Å². The summed E-state index contributed by atoms with van der Waals surface area (Å²) in [5, 5.41) is 0. The van der Waals surface area contributed by atoms with Crippen molar-refractivity contribution in [1.29, 1.82) is 0 Å². The molecular weight excluding hydrogens is 160 g/mol. The largest absolute Gasteiger partial charge is 0.295 e. The maximum absolute atomic E-state index is 11.1. The molecule has 0 N–H and O–H groups in total. The van der Waals surface area contributed by atoms with Gasteiger partial charge in [-0.2, -0.15) is 0 Å². The SMILES string of the molecule is CCCCC1C=C(C(C)=O)CCC1. The Morgan fingerprint density at radius 2 is 2.38 bits per heavy atom. The molecule has 0 fully saturated rings. The lowest BCUT2D eigenvalue weighted by molar-refractivity contribution is -0.113. The van der Waals surface area contributed by atoms with Crippen LogP contribution in [0.1, 0.15) is 52.4 Å². The molecule has 0 saturated heterocycles. The Bertz CT molecular complexity index is 203. The third kappa shape index (κ3) is 3.33. The molecule has 1 heteroatoms. The highest BCUT2D eigenvalue weighted by molar-refractivity contribution is 5.93. The molecule has 0 spiro atoms. The molecular formula is C12H20O. The number of hydrogen-bond acceptors (Lipinski definition) is 1. The van der Waals surface area contributed by atoms with E-state index in [1.54, 1.807) is 6.92 Å². The molecule has 1 aliphatic carbocycles. The first-order chi connectivity index (χ1) is 6.24. The molecule has 0 aliphatic heterocycles.